The summed E-state index contributed by atoms with van der Waals surface area (Å²) in [7, 11) is 0. The second kappa shape index (κ2) is 9.54. The third kappa shape index (κ3) is 5.07. The third-order valence-electron chi connectivity index (χ3n) is 3.06. The van der Waals surface area contributed by atoms with E-state index >= 15 is 0 Å². The van der Waals surface area contributed by atoms with E-state index in [9.17, 15) is 8.78 Å². The average molecular weight is 457 g/mol. The molecule has 0 unspecified atom stereocenters. The molecule has 0 spiro atoms. The van der Waals surface area contributed by atoms with Gasteiger partial charge in [0.2, 0.25) is 0 Å². The SMILES string of the molecule is Cl.Cl.FC(F)[C@H](c1cc(Br)ccc1Br)N1CCNCC1. The van der Waals surface area contributed by atoms with Gasteiger partial charge in [0, 0.05) is 35.1 Å². The number of halogens is 6. The lowest BCUT2D eigenvalue weighted by atomic mass is 10.0. The van der Waals surface area contributed by atoms with E-state index in [4.69, 9.17) is 0 Å². The Morgan fingerprint density at radius 2 is 1.70 bits per heavy atom. The Labute approximate surface area is 146 Å². The number of nitrogens with one attached hydrogen (secondary N) is 1. The van der Waals surface area contributed by atoms with Crippen LogP contribution in [0.1, 0.15) is 11.6 Å². The van der Waals surface area contributed by atoms with Gasteiger partial charge in [-0.15, -0.1) is 24.8 Å². The zero-order valence-electron chi connectivity index (χ0n) is 10.5. The Morgan fingerprint density at radius 1 is 1.10 bits per heavy atom. The molecule has 20 heavy (non-hydrogen) atoms. The van der Waals surface area contributed by atoms with Crippen molar-refractivity contribution in [3.05, 3.63) is 32.7 Å². The highest BCUT2D eigenvalue weighted by Crippen LogP contribution is 2.34. The molecule has 0 radical (unpaired) electrons. The van der Waals surface area contributed by atoms with E-state index in [0.717, 1.165) is 22.0 Å². The Morgan fingerprint density at radius 3 is 2.25 bits per heavy atom. The van der Waals surface area contributed by atoms with Crippen LogP contribution in [0, 0.1) is 0 Å². The van der Waals surface area contributed by atoms with Gasteiger partial charge >= 0.3 is 0 Å². The monoisotopic (exact) mass is 454 g/mol. The lowest BCUT2D eigenvalue weighted by Crippen LogP contribution is -2.47. The van der Waals surface area contributed by atoms with Crippen LogP contribution in [0.2, 0.25) is 0 Å². The molecule has 1 heterocycles. The minimum atomic E-state index is -2.39. The van der Waals surface area contributed by atoms with Gasteiger partial charge < -0.3 is 5.32 Å². The van der Waals surface area contributed by atoms with Crippen molar-refractivity contribution in [2.45, 2.75) is 12.5 Å². The Kier molecular flexibility index (Phi) is 9.79. The normalized spacial score (nSPS) is 17.2. The first-order valence-electron chi connectivity index (χ1n) is 5.77. The first-order chi connectivity index (χ1) is 8.59. The summed E-state index contributed by atoms with van der Waals surface area (Å²) in [5, 5.41) is 3.18. The molecule has 116 valence electrons. The van der Waals surface area contributed by atoms with Gasteiger partial charge in [-0.25, -0.2) is 8.78 Å². The number of piperazine rings is 1. The summed E-state index contributed by atoms with van der Waals surface area (Å²) >= 11 is 6.71. The van der Waals surface area contributed by atoms with Gasteiger partial charge in [0.1, 0.15) is 0 Å². The maximum Gasteiger partial charge on any atom is 0.258 e. The summed E-state index contributed by atoms with van der Waals surface area (Å²) in [5.41, 5.74) is 0.640. The van der Waals surface area contributed by atoms with Gasteiger partial charge in [0.15, 0.2) is 0 Å². The van der Waals surface area contributed by atoms with E-state index in [1.807, 2.05) is 11.0 Å². The van der Waals surface area contributed by atoms with Crippen molar-refractivity contribution >= 4 is 56.7 Å². The first-order valence-corrected chi connectivity index (χ1v) is 7.36. The third-order valence-corrected chi connectivity index (χ3v) is 4.28. The lowest BCUT2D eigenvalue weighted by Gasteiger charge is -2.35. The fourth-order valence-corrected chi connectivity index (χ4v) is 3.05. The van der Waals surface area contributed by atoms with Crippen LogP contribution in [0.5, 0.6) is 0 Å². The standard InChI is InChI=1S/C12H14Br2F2N2.2ClH/c13-8-1-2-10(14)9(7-8)11(12(15)16)18-5-3-17-4-6-18;;/h1-2,7,11-12,17H,3-6H2;2*1H/t11-;;/m0../s1. The lowest BCUT2D eigenvalue weighted by molar-refractivity contribution is 0.0178. The van der Waals surface area contributed by atoms with Crippen LogP contribution in [-0.2, 0) is 0 Å². The van der Waals surface area contributed by atoms with E-state index in [1.165, 1.54) is 0 Å². The summed E-state index contributed by atoms with van der Waals surface area (Å²) in [5.74, 6) is 0. The van der Waals surface area contributed by atoms with Gasteiger partial charge in [-0.1, -0.05) is 31.9 Å². The molecule has 1 aliphatic rings. The molecule has 2 nitrogen and oxygen atoms in total. The molecule has 1 saturated heterocycles. The van der Waals surface area contributed by atoms with Crippen molar-refractivity contribution in [3.63, 3.8) is 0 Å². The maximum atomic E-state index is 13.4. The molecular formula is C12H16Br2Cl2F2N2. The van der Waals surface area contributed by atoms with Crippen LogP contribution in [0.3, 0.4) is 0 Å². The molecule has 8 heteroatoms. The molecule has 2 rings (SSSR count). The van der Waals surface area contributed by atoms with Gasteiger partial charge in [-0.05, 0) is 23.8 Å². The van der Waals surface area contributed by atoms with Gasteiger partial charge in [-0.3, -0.25) is 4.90 Å². The zero-order chi connectivity index (χ0) is 13.1. The largest absolute Gasteiger partial charge is 0.314 e. The predicted octanol–water partition coefficient (Wildman–Crippen LogP) is 4.27. The summed E-state index contributed by atoms with van der Waals surface area (Å²) < 4.78 is 28.3. The van der Waals surface area contributed by atoms with Crippen LogP contribution < -0.4 is 5.32 Å². The predicted molar refractivity (Wildman–Crippen MR) is 89.5 cm³/mol. The highest BCUT2D eigenvalue weighted by molar-refractivity contribution is 9.11. The molecule has 1 fully saturated rings. The van der Waals surface area contributed by atoms with E-state index in [2.05, 4.69) is 37.2 Å². The maximum absolute atomic E-state index is 13.4. The molecule has 0 aromatic heterocycles. The second-order valence-electron chi connectivity index (χ2n) is 4.23. The molecule has 0 saturated carbocycles. The molecule has 0 aliphatic carbocycles. The number of rotatable bonds is 3. The molecule has 1 aromatic rings. The first kappa shape index (κ1) is 20.5. The molecule has 1 atom stereocenters. The fourth-order valence-electron chi connectivity index (χ4n) is 2.19. The molecule has 0 amide bonds. The molecule has 0 bridgehead atoms. The van der Waals surface area contributed by atoms with Gasteiger partial charge in [0.05, 0.1) is 6.04 Å². The highest BCUT2D eigenvalue weighted by atomic mass is 79.9. The number of benzene rings is 1. The second-order valence-corrected chi connectivity index (χ2v) is 6.00. The number of hydrogen-bond donors (Lipinski definition) is 1. The van der Waals surface area contributed by atoms with Crippen LogP contribution in [0.15, 0.2) is 27.1 Å². The van der Waals surface area contributed by atoms with Crippen LogP contribution in [-0.4, -0.2) is 37.5 Å². The van der Waals surface area contributed by atoms with Gasteiger partial charge in [0.25, 0.3) is 6.43 Å². The summed E-state index contributed by atoms with van der Waals surface area (Å²) in [6.07, 6.45) is -2.39. The van der Waals surface area contributed by atoms with Crippen LogP contribution in [0.4, 0.5) is 8.78 Å². The number of nitrogens with zero attached hydrogens (tertiary/aromatic N) is 1. The van der Waals surface area contributed by atoms with Crippen molar-refractivity contribution in [2.75, 3.05) is 26.2 Å². The van der Waals surface area contributed by atoms with Crippen molar-refractivity contribution in [1.82, 2.24) is 10.2 Å². The number of alkyl halides is 2. The van der Waals surface area contributed by atoms with Crippen LogP contribution in [0.25, 0.3) is 0 Å². The molecular weight excluding hydrogens is 441 g/mol. The van der Waals surface area contributed by atoms with E-state index in [-0.39, 0.29) is 24.8 Å². The Balaban J connectivity index is 0.00000180. The summed E-state index contributed by atoms with van der Waals surface area (Å²) in [6, 6.07) is 4.56. The van der Waals surface area contributed by atoms with Crippen LogP contribution >= 0.6 is 56.7 Å². The van der Waals surface area contributed by atoms with Crippen molar-refractivity contribution in [1.29, 1.82) is 0 Å². The number of hydrogen-bond acceptors (Lipinski definition) is 2. The van der Waals surface area contributed by atoms with Crippen molar-refractivity contribution in [3.8, 4) is 0 Å². The van der Waals surface area contributed by atoms with E-state index < -0.39 is 12.5 Å². The smallest absolute Gasteiger partial charge is 0.258 e. The zero-order valence-corrected chi connectivity index (χ0v) is 15.3. The quantitative estimate of drug-likeness (QED) is 0.730. The average Bonchev–Trinajstić information content (AvgIpc) is 2.35. The summed E-state index contributed by atoms with van der Waals surface area (Å²) in [6.45, 7) is 2.81. The highest BCUT2D eigenvalue weighted by Gasteiger charge is 2.31. The summed E-state index contributed by atoms with van der Waals surface area (Å²) in [4.78, 5) is 1.84. The molecule has 1 aromatic carbocycles. The minimum absolute atomic E-state index is 0. The Bertz CT molecular complexity index is 418. The Hall–Kier alpha value is 0.540. The van der Waals surface area contributed by atoms with E-state index in [1.54, 1.807) is 12.1 Å². The topological polar surface area (TPSA) is 15.3 Å². The molecule has 1 aliphatic heterocycles. The fraction of sp³-hybridized carbons (Fsp3) is 0.500. The molecule has 1 N–H and O–H groups in total. The minimum Gasteiger partial charge on any atom is -0.314 e. The van der Waals surface area contributed by atoms with Crippen molar-refractivity contribution < 1.29 is 8.78 Å². The van der Waals surface area contributed by atoms with Gasteiger partial charge in [-0.2, -0.15) is 0 Å². The van der Waals surface area contributed by atoms with E-state index in [0.29, 0.717) is 18.7 Å². The van der Waals surface area contributed by atoms with Crippen molar-refractivity contribution in [2.24, 2.45) is 0 Å².